The molecule has 1 aromatic carbocycles. The normalized spacial score (nSPS) is 14.6. The van der Waals surface area contributed by atoms with E-state index >= 15 is 0 Å². The molecule has 0 radical (unpaired) electrons. The van der Waals surface area contributed by atoms with Crippen LogP contribution in [0.15, 0.2) is 36.7 Å². The first kappa shape index (κ1) is 18.5. The van der Waals surface area contributed by atoms with Crippen molar-refractivity contribution >= 4 is 23.5 Å². The molecule has 0 unspecified atom stereocenters. The van der Waals surface area contributed by atoms with Gasteiger partial charge in [-0.25, -0.2) is 14.8 Å². The molecule has 0 aliphatic carbocycles. The van der Waals surface area contributed by atoms with E-state index in [0.29, 0.717) is 24.3 Å². The van der Waals surface area contributed by atoms with Crippen molar-refractivity contribution in [2.45, 2.75) is 0 Å². The van der Waals surface area contributed by atoms with Gasteiger partial charge in [-0.3, -0.25) is 9.59 Å². The molecule has 1 aliphatic heterocycles. The number of amides is 2. The van der Waals surface area contributed by atoms with Gasteiger partial charge in [0.2, 0.25) is 0 Å². The highest BCUT2D eigenvalue weighted by molar-refractivity contribution is 6.08. The Kier molecular flexibility index (Phi) is 5.41. The maximum Gasteiger partial charge on any atom is 0.356 e. The van der Waals surface area contributed by atoms with Gasteiger partial charge in [-0.05, 0) is 31.3 Å². The number of aromatic nitrogens is 2. The van der Waals surface area contributed by atoms with Gasteiger partial charge >= 0.3 is 5.97 Å². The van der Waals surface area contributed by atoms with Crippen molar-refractivity contribution < 1.29 is 19.5 Å². The standard InChI is InChI=1S/C18H19N5O4/c1-22-8-10-23(11-9-22)17(25)12-2-4-13(5-3-12)21-16(24)14-15(18(26)27)20-7-6-19-14/h2-7H,8-11H2,1H3,(H,21,24)(H,26,27). The second-order valence-electron chi connectivity index (χ2n) is 6.19. The van der Waals surface area contributed by atoms with E-state index in [2.05, 4.69) is 20.2 Å². The Labute approximate surface area is 155 Å². The smallest absolute Gasteiger partial charge is 0.356 e. The topological polar surface area (TPSA) is 116 Å². The zero-order chi connectivity index (χ0) is 19.4. The number of carboxylic acid groups (broad SMARTS) is 1. The van der Waals surface area contributed by atoms with Crippen molar-refractivity contribution in [2.75, 3.05) is 38.5 Å². The molecule has 140 valence electrons. The molecule has 0 bridgehead atoms. The molecule has 3 rings (SSSR count). The van der Waals surface area contributed by atoms with E-state index in [9.17, 15) is 14.4 Å². The van der Waals surface area contributed by atoms with Crippen LogP contribution in [-0.2, 0) is 0 Å². The Morgan fingerprint density at radius 1 is 0.963 bits per heavy atom. The maximum absolute atomic E-state index is 12.5. The molecule has 1 fully saturated rings. The molecule has 2 amide bonds. The largest absolute Gasteiger partial charge is 0.476 e. The van der Waals surface area contributed by atoms with Gasteiger partial charge < -0.3 is 20.2 Å². The SMILES string of the molecule is CN1CCN(C(=O)c2ccc(NC(=O)c3nccnc3C(=O)O)cc2)CC1. The summed E-state index contributed by atoms with van der Waals surface area (Å²) in [6.45, 7) is 3.03. The van der Waals surface area contributed by atoms with Crippen LogP contribution in [0.1, 0.15) is 31.3 Å². The quantitative estimate of drug-likeness (QED) is 0.819. The molecule has 1 aliphatic rings. The van der Waals surface area contributed by atoms with Crippen molar-refractivity contribution in [3.63, 3.8) is 0 Å². The van der Waals surface area contributed by atoms with Crippen LogP contribution in [0.5, 0.6) is 0 Å². The lowest BCUT2D eigenvalue weighted by molar-refractivity contribution is 0.0661. The minimum atomic E-state index is -1.33. The fraction of sp³-hybridized carbons (Fsp3) is 0.278. The molecule has 0 spiro atoms. The van der Waals surface area contributed by atoms with Crippen molar-refractivity contribution in [1.29, 1.82) is 0 Å². The summed E-state index contributed by atoms with van der Waals surface area (Å²) >= 11 is 0. The van der Waals surface area contributed by atoms with Gasteiger partial charge in [-0.15, -0.1) is 0 Å². The van der Waals surface area contributed by atoms with E-state index in [4.69, 9.17) is 5.11 Å². The van der Waals surface area contributed by atoms with Crippen LogP contribution in [0.3, 0.4) is 0 Å². The van der Waals surface area contributed by atoms with Crippen LogP contribution >= 0.6 is 0 Å². The summed E-state index contributed by atoms with van der Waals surface area (Å²) in [5.41, 5.74) is 0.264. The molecule has 1 saturated heterocycles. The maximum atomic E-state index is 12.5. The Balaban J connectivity index is 1.68. The minimum Gasteiger partial charge on any atom is -0.476 e. The van der Waals surface area contributed by atoms with Gasteiger partial charge in [0.25, 0.3) is 11.8 Å². The van der Waals surface area contributed by atoms with Crippen LogP contribution in [0.25, 0.3) is 0 Å². The number of likely N-dealkylation sites (N-methyl/N-ethyl adjacent to an activating group) is 1. The van der Waals surface area contributed by atoms with Crippen molar-refractivity contribution in [2.24, 2.45) is 0 Å². The molecule has 2 aromatic rings. The fourth-order valence-electron chi connectivity index (χ4n) is 2.74. The summed E-state index contributed by atoms with van der Waals surface area (Å²) in [4.78, 5) is 47.4. The van der Waals surface area contributed by atoms with E-state index in [0.717, 1.165) is 13.1 Å². The van der Waals surface area contributed by atoms with Crippen molar-refractivity contribution in [3.05, 3.63) is 53.6 Å². The molecule has 2 heterocycles. The van der Waals surface area contributed by atoms with Gasteiger partial charge in [0.05, 0.1) is 0 Å². The lowest BCUT2D eigenvalue weighted by Gasteiger charge is -2.32. The van der Waals surface area contributed by atoms with Crippen LogP contribution in [-0.4, -0.2) is 75.9 Å². The van der Waals surface area contributed by atoms with E-state index < -0.39 is 17.6 Å². The number of carbonyl (C=O) groups excluding carboxylic acids is 2. The van der Waals surface area contributed by atoms with E-state index in [1.807, 2.05) is 7.05 Å². The summed E-state index contributed by atoms with van der Waals surface area (Å²) in [7, 11) is 2.02. The highest BCUT2D eigenvalue weighted by atomic mass is 16.4. The van der Waals surface area contributed by atoms with Crippen LogP contribution in [0.2, 0.25) is 0 Å². The number of aromatic carboxylic acids is 1. The lowest BCUT2D eigenvalue weighted by atomic mass is 10.1. The van der Waals surface area contributed by atoms with E-state index in [-0.39, 0.29) is 11.6 Å². The average molecular weight is 369 g/mol. The first-order chi connectivity index (χ1) is 13.0. The van der Waals surface area contributed by atoms with E-state index in [1.165, 1.54) is 12.4 Å². The Morgan fingerprint density at radius 2 is 1.56 bits per heavy atom. The number of nitrogens with zero attached hydrogens (tertiary/aromatic N) is 4. The minimum absolute atomic E-state index is 0.0527. The van der Waals surface area contributed by atoms with Crippen LogP contribution < -0.4 is 5.32 Å². The number of piperazine rings is 1. The van der Waals surface area contributed by atoms with Crippen LogP contribution in [0.4, 0.5) is 5.69 Å². The molecular weight excluding hydrogens is 350 g/mol. The molecule has 0 saturated carbocycles. The molecular formula is C18H19N5O4. The second-order valence-corrected chi connectivity index (χ2v) is 6.19. The summed E-state index contributed by atoms with van der Waals surface area (Å²) < 4.78 is 0. The second kappa shape index (κ2) is 7.92. The number of carboxylic acids is 1. The predicted octanol–water partition coefficient (Wildman–Crippen LogP) is 0.815. The van der Waals surface area contributed by atoms with Gasteiger partial charge in [0.1, 0.15) is 0 Å². The Hall–Kier alpha value is -3.33. The summed E-state index contributed by atoms with van der Waals surface area (Å²) in [6.07, 6.45) is 2.46. The van der Waals surface area contributed by atoms with Gasteiger partial charge in [0, 0.05) is 49.8 Å². The van der Waals surface area contributed by atoms with Gasteiger partial charge in [-0.2, -0.15) is 0 Å². The van der Waals surface area contributed by atoms with E-state index in [1.54, 1.807) is 29.2 Å². The zero-order valence-corrected chi connectivity index (χ0v) is 14.8. The fourth-order valence-corrected chi connectivity index (χ4v) is 2.74. The number of benzene rings is 1. The summed E-state index contributed by atoms with van der Waals surface area (Å²) in [6, 6.07) is 6.45. The van der Waals surface area contributed by atoms with Crippen LogP contribution in [0, 0.1) is 0 Å². The third-order valence-corrected chi connectivity index (χ3v) is 4.30. The number of hydrogen-bond acceptors (Lipinski definition) is 6. The Bertz CT molecular complexity index is 860. The molecule has 9 nitrogen and oxygen atoms in total. The van der Waals surface area contributed by atoms with Gasteiger partial charge in [-0.1, -0.05) is 0 Å². The van der Waals surface area contributed by atoms with Crippen molar-refractivity contribution in [1.82, 2.24) is 19.8 Å². The number of anilines is 1. The third kappa shape index (κ3) is 4.26. The van der Waals surface area contributed by atoms with Gasteiger partial charge in [0.15, 0.2) is 11.4 Å². The molecule has 0 atom stereocenters. The molecule has 1 aromatic heterocycles. The number of carbonyl (C=O) groups is 3. The monoisotopic (exact) mass is 369 g/mol. The highest BCUT2D eigenvalue weighted by Gasteiger charge is 2.21. The highest BCUT2D eigenvalue weighted by Crippen LogP contribution is 2.14. The number of nitrogens with one attached hydrogen (secondary N) is 1. The molecule has 2 N–H and O–H groups in total. The first-order valence-electron chi connectivity index (χ1n) is 8.39. The third-order valence-electron chi connectivity index (χ3n) is 4.30. The predicted molar refractivity (Wildman–Crippen MR) is 96.8 cm³/mol. The lowest BCUT2D eigenvalue weighted by Crippen LogP contribution is -2.47. The molecule has 27 heavy (non-hydrogen) atoms. The summed E-state index contributed by atoms with van der Waals surface area (Å²) in [5, 5.41) is 11.7. The Morgan fingerprint density at radius 3 is 2.15 bits per heavy atom. The first-order valence-corrected chi connectivity index (χ1v) is 8.39. The number of rotatable bonds is 4. The summed E-state index contributed by atoms with van der Waals surface area (Å²) in [5.74, 6) is -2.07. The zero-order valence-electron chi connectivity index (χ0n) is 14.8. The molecule has 9 heteroatoms. The number of hydrogen-bond donors (Lipinski definition) is 2. The van der Waals surface area contributed by atoms with Crippen molar-refractivity contribution in [3.8, 4) is 0 Å². The average Bonchev–Trinajstić information content (AvgIpc) is 2.68.